The van der Waals surface area contributed by atoms with Crippen molar-refractivity contribution >= 4 is 11.6 Å². The highest BCUT2D eigenvalue weighted by Crippen LogP contribution is 2.29. The van der Waals surface area contributed by atoms with Gasteiger partial charge in [-0.3, -0.25) is 0 Å². The van der Waals surface area contributed by atoms with E-state index in [2.05, 4.69) is 0 Å². The Hall–Kier alpha value is -0.770. The molecule has 3 nitrogen and oxygen atoms in total. The number of benzene rings is 1. The first kappa shape index (κ1) is 13.7. The summed E-state index contributed by atoms with van der Waals surface area (Å²) in [6.45, 7) is 1.23. The molecular weight excluding hydrogens is 252 g/mol. The molecule has 0 aromatic heterocycles. The van der Waals surface area contributed by atoms with Crippen molar-refractivity contribution in [3.8, 4) is 5.75 Å². The lowest BCUT2D eigenvalue weighted by Gasteiger charge is -2.06. The van der Waals surface area contributed by atoms with Crippen molar-refractivity contribution in [2.24, 2.45) is 0 Å². The van der Waals surface area contributed by atoms with E-state index in [1.54, 1.807) is 0 Å². The molecule has 1 atom stereocenters. The van der Waals surface area contributed by atoms with E-state index in [1.165, 1.54) is 0 Å². The lowest BCUT2D eigenvalue weighted by atomic mass is 10.1. The standard InChI is InChI=1S/C14H19ClO3/c15-12-5-7-13(8-6-12)17-10-4-2-1-3-9-14(16)11-18-14/h5-8,16H,1-4,9-11H2/t14-/m1/s1. The van der Waals surface area contributed by atoms with E-state index in [1.807, 2.05) is 24.3 Å². The van der Waals surface area contributed by atoms with Crippen LogP contribution in [0.15, 0.2) is 24.3 Å². The molecule has 2 rings (SSSR count). The van der Waals surface area contributed by atoms with Gasteiger partial charge in [0.25, 0.3) is 0 Å². The van der Waals surface area contributed by atoms with E-state index in [9.17, 15) is 5.11 Å². The van der Waals surface area contributed by atoms with Crippen molar-refractivity contribution in [3.63, 3.8) is 0 Å². The van der Waals surface area contributed by atoms with Crippen LogP contribution in [0.3, 0.4) is 0 Å². The molecule has 1 fully saturated rings. The zero-order valence-electron chi connectivity index (χ0n) is 10.4. The van der Waals surface area contributed by atoms with Gasteiger partial charge < -0.3 is 14.6 Å². The monoisotopic (exact) mass is 270 g/mol. The first-order valence-corrected chi connectivity index (χ1v) is 6.80. The van der Waals surface area contributed by atoms with Crippen LogP contribution in [0, 0.1) is 0 Å². The zero-order valence-corrected chi connectivity index (χ0v) is 11.2. The van der Waals surface area contributed by atoms with Gasteiger partial charge in [-0.2, -0.15) is 0 Å². The maximum Gasteiger partial charge on any atom is 0.189 e. The van der Waals surface area contributed by atoms with E-state index in [4.69, 9.17) is 21.1 Å². The summed E-state index contributed by atoms with van der Waals surface area (Å²) in [5, 5.41) is 10.2. The summed E-state index contributed by atoms with van der Waals surface area (Å²) in [7, 11) is 0. The number of epoxide rings is 1. The first-order valence-electron chi connectivity index (χ1n) is 6.43. The van der Waals surface area contributed by atoms with Gasteiger partial charge in [-0.15, -0.1) is 0 Å². The number of hydrogen-bond acceptors (Lipinski definition) is 3. The maximum atomic E-state index is 9.44. The molecule has 18 heavy (non-hydrogen) atoms. The van der Waals surface area contributed by atoms with Crippen LogP contribution in [0.5, 0.6) is 5.75 Å². The van der Waals surface area contributed by atoms with E-state index in [0.29, 0.717) is 6.61 Å². The molecule has 1 N–H and O–H groups in total. The Morgan fingerprint density at radius 1 is 1.17 bits per heavy atom. The van der Waals surface area contributed by atoms with Gasteiger partial charge in [-0.1, -0.05) is 24.4 Å². The van der Waals surface area contributed by atoms with Crippen LogP contribution >= 0.6 is 11.6 Å². The van der Waals surface area contributed by atoms with Gasteiger partial charge in [-0.05, 0) is 37.1 Å². The third-order valence-electron chi connectivity index (χ3n) is 3.02. The predicted molar refractivity (Wildman–Crippen MR) is 70.9 cm³/mol. The summed E-state index contributed by atoms with van der Waals surface area (Å²) >= 11 is 5.79. The fourth-order valence-corrected chi connectivity index (χ4v) is 1.93. The number of halogens is 1. The van der Waals surface area contributed by atoms with Gasteiger partial charge in [0.1, 0.15) is 12.4 Å². The van der Waals surface area contributed by atoms with Crippen molar-refractivity contribution in [2.75, 3.05) is 13.2 Å². The van der Waals surface area contributed by atoms with Crippen LogP contribution in [0.2, 0.25) is 5.02 Å². The average molecular weight is 271 g/mol. The molecule has 1 aromatic rings. The molecule has 1 aliphatic heterocycles. The Morgan fingerprint density at radius 2 is 1.83 bits per heavy atom. The summed E-state index contributed by atoms with van der Waals surface area (Å²) in [5.41, 5.74) is 0. The zero-order chi connectivity index (χ0) is 12.8. The Morgan fingerprint density at radius 3 is 2.50 bits per heavy atom. The Bertz CT molecular complexity index is 360. The summed E-state index contributed by atoms with van der Waals surface area (Å²) in [5.74, 6) is 0.0832. The fraction of sp³-hybridized carbons (Fsp3) is 0.571. The van der Waals surface area contributed by atoms with Crippen molar-refractivity contribution < 1.29 is 14.6 Å². The highest BCUT2D eigenvalue weighted by Gasteiger charge is 2.41. The Labute approximate surface area is 113 Å². The SMILES string of the molecule is O[C@@]1(CCCCCCOc2ccc(Cl)cc2)CO1. The fourth-order valence-electron chi connectivity index (χ4n) is 1.81. The van der Waals surface area contributed by atoms with Gasteiger partial charge in [-0.25, -0.2) is 0 Å². The molecule has 1 aliphatic rings. The second-order valence-electron chi connectivity index (χ2n) is 4.70. The van der Waals surface area contributed by atoms with Gasteiger partial charge in [0, 0.05) is 11.4 Å². The molecule has 0 radical (unpaired) electrons. The largest absolute Gasteiger partial charge is 0.494 e. The number of hydrogen-bond donors (Lipinski definition) is 1. The quantitative estimate of drug-likeness (QED) is 0.582. The van der Waals surface area contributed by atoms with Gasteiger partial charge in [0.2, 0.25) is 0 Å². The van der Waals surface area contributed by atoms with E-state index >= 15 is 0 Å². The minimum Gasteiger partial charge on any atom is -0.494 e. The van der Waals surface area contributed by atoms with Crippen molar-refractivity contribution in [1.82, 2.24) is 0 Å². The van der Waals surface area contributed by atoms with Crippen LogP contribution in [-0.4, -0.2) is 24.1 Å². The molecule has 1 saturated heterocycles. The molecule has 0 unspecified atom stereocenters. The highest BCUT2D eigenvalue weighted by atomic mass is 35.5. The van der Waals surface area contributed by atoms with E-state index < -0.39 is 5.79 Å². The summed E-state index contributed by atoms with van der Waals surface area (Å²) in [6, 6.07) is 7.41. The molecule has 0 bridgehead atoms. The topological polar surface area (TPSA) is 42.0 Å². The lowest BCUT2D eigenvalue weighted by Crippen LogP contribution is -2.08. The number of ether oxygens (including phenoxy) is 2. The third-order valence-corrected chi connectivity index (χ3v) is 3.27. The number of unbranched alkanes of at least 4 members (excludes halogenated alkanes) is 3. The summed E-state index contributed by atoms with van der Waals surface area (Å²) in [6.07, 6.45) is 5.02. The highest BCUT2D eigenvalue weighted by molar-refractivity contribution is 6.30. The summed E-state index contributed by atoms with van der Waals surface area (Å²) < 4.78 is 10.5. The van der Waals surface area contributed by atoms with Gasteiger partial charge >= 0.3 is 0 Å². The molecular formula is C14H19ClO3. The average Bonchev–Trinajstić information content (AvgIpc) is 3.09. The van der Waals surface area contributed by atoms with Crippen LogP contribution in [0.25, 0.3) is 0 Å². The van der Waals surface area contributed by atoms with Crippen LogP contribution < -0.4 is 4.74 Å². The maximum absolute atomic E-state index is 9.44. The van der Waals surface area contributed by atoms with Crippen molar-refractivity contribution in [2.45, 2.75) is 37.9 Å². The molecule has 4 heteroatoms. The Balaban J connectivity index is 1.47. The van der Waals surface area contributed by atoms with Gasteiger partial charge in [0.15, 0.2) is 5.79 Å². The number of aliphatic hydroxyl groups is 1. The normalized spacial score (nSPS) is 21.9. The Kier molecular flexibility index (Phi) is 4.87. The van der Waals surface area contributed by atoms with Crippen LogP contribution in [0.1, 0.15) is 32.1 Å². The smallest absolute Gasteiger partial charge is 0.189 e. The summed E-state index contributed by atoms with van der Waals surface area (Å²) in [4.78, 5) is 0. The molecule has 0 saturated carbocycles. The van der Waals surface area contributed by atoms with Crippen LogP contribution in [0.4, 0.5) is 0 Å². The van der Waals surface area contributed by atoms with E-state index in [-0.39, 0.29) is 0 Å². The molecule has 1 heterocycles. The second kappa shape index (κ2) is 6.41. The lowest BCUT2D eigenvalue weighted by molar-refractivity contribution is 0.0265. The number of rotatable bonds is 8. The molecule has 0 aliphatic carbocycles. The molecule has 0 amide bonds. The predicted octanol–water partition coefficient (Wildman–Crippen LogP) is 3.39. The van der Waals surface area contributed by atoms with Gasteiger partial charge in [0.05, 0.1) is 6.61 Å². The van der Waals surface area contributed by atoms with Crippen LogP contribution in [-0.2, 0) is 4.74 Å². The van der Waals surface area contributed by atoms with Crippen molar-refractivity contribution in [1.29, 1.82) is 0 Å². The molecule has 100 valence electrons. The minimum atomic E-state index is -0.778. The minimum absolute atomic E-state index is 0.507. The van der Waals surface area contributed by atoms with Crippen molar-refractivity contribution in [3.05, 3.63) is 29.3 Å². The molecule has 0 spiro atoms. The van der Waals surface area contributed by atoms with E-state index in [0.717, 1.165) is 49.5 Å². The molecule has 1 aromatic carbocycles. The second-order valence-corrected chi connectivity index (χ2v) is 5.14. The first-order chi connectivity index (χ1) is 8.68. The third kappa shape index (κ3) is 4.84.